The minimum absolute atomic E-state index is 0.171. The number of amides is 1. The van der Waals surface area contributed by atoms with Gasteiger partial charge in [-0.15, -0.1) is 10.2 Å². The molecule has 9 heteroatoms. The molecule has 8 nitrogen and oxygen atoms in total. The molecule has 0 saturated heterocycles. The number of nitrogens with one attached hydrogen (secondary N) is 1. The van der Waals surface area contributed by atoms with Gasteiger partial charge >= 0.3 is 0 Å². The molecule has 0 saturated carbocycles. The predicted octanol–water partition coefficient (Wildman–Crippen LogP) is 5.31. The van der Waals surface area contributed by atoms with Crippen LogP contribution in [-0.2, 0) is 11.3 Å². The highest BCUT2D eigenvalue weighted by Gasteiger charge is 2.20. The molecule has 0 radical (unpaired) electrons. The maximum atomic E-state index is 12.6. The molecular weight excluding hydrogens is 452 g/mol. The minimum atomic E-state index is -0.288. The van der Waals surface area contributed by atoms with Gasteiger partial charge in [0, 0.05) is 12.6 Å². The first kappa shape index (κ1) is 25.4. The smallest absolute Gasteiger partial charge is 0.234 e. The van der Waals surface area contributed by atoms with Crippen LogP contribution in [0.3, 0.4) is 0 Å². The van der Waals surface area contributed by atoms with E-state index in [4.69, 9.17) is 14.2 Å². The molecule has 0 spiro atoms. The van der Waals surface area contributed by atoms with Gasteiger partial charge in [-0.1, -0.05) is 37.7 Å². The van der Waals surface area contributed by atoms with Crippen molar-refractivity contribution in [3.05, 3.63) is 53.9 Å². The average molecular weight is 485 g/mol. The Hall–Kier alpha value is -3.20. The quantitative estimate of drug-likeness (QED) is 0.369. The van der Waals surface area contributed by atoms with E-state index in [0.717, 1.165) is 11.6 Å². The van der Waals surface area contributed by atoms with Crippen molar-refractivity contribution in [2.45, 2.75) is 51.4 Å². The molecule has 1 amide bonds. The van der Waals surface area contributed by atoms with E-state index >= 15 is 0 Å². The SMILES string of the molecule is CCn1c(SCC(=O)Nc2ccc(OC)cc2OC)nnc1C(C)Oc1ccc(C(C)C)cc1. The van der Waals surface area contributed by atoms with Crippen molar-refractivity contribution in [1.82, 2.24) is 14.8 Å². The zero-order chi connectivity index (χ0) is 24.7. The lowest BCUT2D eigenvalue weighted by molar-refractivity contribution is -0.113. The van der Waals surface area contributed by atoms with E-state index in [2.05, 4.69) is 41.5 Å². The Bertz CT molecular complexity index is 1100. The van der Waals surface area contributed by atoms with Gasteiger partial charge in [-0.2, -0.15) is 0 Å². The number of ether oxygens (including phenoxy) is 3. The molecular formula is C25H32N4O4S. The Labute approximate surface area is 205 Å². The number of carbonyl (C=O) groups is 1. The Kier molecular flexibility index (Phi) is 8.81. The first-order valence-electron chi connectivity index (χ1n) is 11.2. The molecule has 34 heavy (non-hydrogen) atoms. The molecule has 1 heterocycles. The lowest BCUT2D eigenvalue weighted by Gasteiger charge is -2.16. The van der Waals surface area contributed by atoms with Crippen LogP contribution >= 0.6 is 11.8 Å². The van der Waals surface area contributed by atoms with Crippen molar-refractivity contribution in [1.29, 1.82) is 0 Å². The molecule has 0 aliphatic rings. The van der Waals surface area contributed by atoms with E-state index in [9.17, 15) is 4.79 Å². The van der Waals surface area contributed by atoms with E-state index in [-0.39, 0.29) is 17.8 Å². The molecule has 0 fully saturated rings. The lowest BCUT2D eigenvalue weighted by atomic mass is 10.0. The van der Waals surface area contributed by atoms with Gasteiger partial charge in [0.05, 0.1) is 25.7 Å². The molecule has 2 aromatic carbocycles. The van der Waals surface area contributed by atoms with Crippen LogP contribution in [-0.4, -0.2) is 40.6 Å². The lowest BCUT2D eigenvalue weighted by Crippen LogP contribution is -2.16. The molecule has 0 aliphatic heterocycles. The summed E-state index contributed by atoms with van der Waals surface area (Å²) in [7, 11) is 3.13. The largest absolute Gasteiger partial charge is 0.497 e. The van der Waals surface area contributed by atoms with E-state index < -0.39 is 0 Å². The third-order valence-corrected chi connectivity index (χ3v) is 6.27. The second kappa shape index (κ2) is 11.8. The first-order chi connectivity index (χ1) is 16.4. The molecule has 3 rings (SSSR count). The van der Waals surface area contributed by atoms with Gasteiger partial charge < -0.3 is 24.1 Å². The summed E-state index contributed by atoms with van der Waals surface area (Å²) in [6, 6.07) is 13.4. The number of anilines is 1. The highest BCUT2D eigenvalue weighted by atomic mass is 32.2. The number of nitrogens with zero attached hydrogens (tertiary/aromatic N) is 3. The summed E-state index contributed by atoms with van der Waals surface area (Å²) >= 11 is 1.33. The highest BCUT2D eigenvalue weighted by Crippen LogP contribution is 2.30. The fourth-order valence-corrected chi connectivity index (χ4v) is 4.22. The Morgan fingerprint density at radius 2 is 1.74 bits per heavy atom. The maximum Gasteiger partial charge on any atom is 0.234 e. The van der Waals surface area contributed by atoms with E-state index in [1.54, 1.807) is 32.4 Å². The van der Waals surface area contributed by atoms with Gasteiger partial charge in [-0.05, 0) is 49.6 Å². The number of benzene rings is 2. The van der Waals surface area contributed by atoms with E-state index in [1.807, 2.05) is 30.5 Å². The van der Waals surface area contributed by atoms with Gasteiger partial charge in [0.2, 0.25) is 5.91 Å². The first-order valence-corrected chi connectivity index (χ1v) is 12.2. The Morgan fingerprint density at radius 3 is 2.35 bits per heavy atom. The number of carbonyl (C=O) groups excluding carboxylic acids is 1. The monoisotopic (exact) mass is 484 g/mol. The van der Waals surface area contributed by atoms with Crippen LogP contribution in [0.2, 0.25) is 0 Å². The van der Waals surface area contributed by atoms with E-state index in [1.165, 1.54) is 17.3 Å². The number of methoxy groups -OCH3 is 2. The fraction of sp³-hybridized carbons (Fsp3) is 0.400. The molecule has 0 bridgehead atoms. The normalized spacial score (nSPS) is 11.9. The third-order valence-electron chi connectivity index (χ3n) is 5.30. The molecule has 1 aromatic heterocycles. The van der Waals surface area contributed by atoms with Gasteiger partial charge in [0.25, 0.3) is 0 Å². The number of thioether (sulfide) groups is 1. The van der Waals surface area contributed by atoms with E-state index in [0.29, 0.717) is 34.8 Å². The summed E-state index contributed by atoms with van der Waals surface area (Å²) < 4.78 is 18.6. The fourth-order valence-electron chi connectivity index (χ4n) is 3.41. The van der Waals surface area contributed by atoms with Crippen LogP contribution in [0, 0.1) is 0 Å². The van der Waals surface area contributed by atoms with Crippen LogP contribution in [0.5, 0.6) is 17.2 Å². The second-order valence-corrected chi connectivity index (χ2v) is 8.91. The summed E-state index contributed by atoms with van der Waals surface area (Å²) in [5, 5.41) is 12.2. The van der Waals surface area contributed by atoms with Crippen LogP contribution < -0.4 is 19.5 Å². The molecule has 1 unspecified atom stereocenters. The van der Waals surface area contributed by atoms with Crippen molar-refractivity contribution < 1.29 is 19.0 Å². The summed E-state index contributed by atoms with van der Waals surface area (Å²) in [6.07, 6.45) is -0.288. The molecule has 1 N–H and O–H groups in total. The molecule has 0 aliphatic carbocycles. The number of aromatic nitrogens is 3. The standard InChI is InChI=1S/C25H32N4O4S/c1-7-29-24(17(4)33-19-10-8-18(9-11-19)16(2)3)27-28-25(29)34-15-23(30)26-21-13-12-20(31-5)14-22(21)32-6/h8-14,16-17H,7,15H2,1-6H3,(H,26,30). The molecule has 3 aromatic rings. The van der Waals surface area contributed by atoms with Crippen molar-refractivity contribution in [2.24, 2.45) is 0 Å². The van der Waals surface area contributed by atoms with Crippen LogP contribution in [0.15, 0.2) is 47.6 Å². The van der Waals surface area contributed by atoms with Gasteiger partial charge in [-0.3, -0.25) is 4.79 Å². The van der Waals surface area contributed by atoms with Crippen molar-refractivity contribution in [3.63, 3.8) is 0 Å². The number of rotatable bonds is 11. The van der Waals surface area contributed by atoms with Crippen LogP contribution in [0.4, 0.5) is 5.69 Å². The summed E-state index contributed by atoms with van der Waals surface area (Å²) in [5.41, 5.74) is 1.85. The van der Waals surface area contributed by atoms with Crippen molar-refractivity contribution in [2.75, 3.05) is 25.3 Å². The number of hydrogen-bond acceptors (Lipinski definition) is 7. The van der Waals surface area contributed by atoms with Crippen LogP contribution in [0.1, 0.15) is 51.1 Å². The number of hydrogen-bond donors (Lipinski definition) is 1. The summed E-state index contributed by atoms with van der Waals surface area (Å²) in [4.78, 5) is 12.6. The summed E-state index contributed by atoms with van der Waals surface area (Å²) in [6.45, 7) is 8.95. The molecule has 182 valence electrons. The average Bonchev–Trinajstić information content (AvgIpc) is 3.26. The van der Waals surface area contributed by atoms with Gasteiger partial charge in [0.15, 0.2) is 17.1 Å². The molecule has 1 atom stereocenters. The topological polar surface area (TPSA) is 87.5 Å². The Morgan fingerprint density at radius 1 is 1.03 bits per heavy atom. The Balaban J connectivity index is 1.63. The van der Waals surface area contributed by atoms with Gasteiger partial charge in [0.1, 0.15) is 17.2 Å². The van der Waals surface area contributed by atoms with Crippen molar-refractivity contribution in [3.8, 4) is 17.2 Å². The maximum absolute atomic E-state index is 12.6. The second-order valence-electron chi connectivity index (χ2n) is 7.97. The zero-order valence-electron chi connectivity index (χ0n) is 20.5. The predicted molar refractivity (Wildman–Crippen MR) is 134 cm³/mol. The summed E-state index contributed by atoms with van der Waals surface area (Å²) in [5.74, 6) is 3.16. The van der Waals surface area contributed by atoms with Gasteiger partial charge in [-0.25, -0.2) is 0 Å². The third kappa shape index (κ3) is 6.22. The highest BCUT2D eigenvalue weighted by molar-refractivity contribution is 7.99. The zero-order valence-corrected chi connectivity index (χ0v) is 21.3. The van der Waals surface area contributed by atoms with Crippen LogP contribution in [0.25, 0.3) is 0 Å². The minimum Gasteiger partial charge on any atom is -0.497 e. The van der Waals surface area contributed by atoms with Crippen molar-refractivity contribution >= 4 is 23.4 Å².